The van der Waals surface area contributed by atoms with E-state index in [4.69, 9.17) is 16.3 Å². The van der Waals surface area contributed by atoms with Gasteiger partial charge in [0.15, 0.2) is 5.13 Å². The molecule has 3 rings (SSSR count). The van der Waals surface area contributed by atoms with Crippen LogP contribution in [0.1, 0.15) is 18.5 Å². The Morgan fingerprint density at radius 2 is 2.17 bits per heavy atom. The lowest BCUT2D eigenvalue weighted by atomic mass is 10.2. The van der Waals surface area contributed by atoms with Crippen LogP contribution in [-0.4, -0.2) is 23.9 Å². The second-order valence-electron chi connectivity index (χ2n) is 5.48. The Morgan fingerprint density at radius 3 is 2.88 bits per heavy atom. The molecule has 2 aromatic rings. The lowest BCUT2D eigenvalue weighted by Crippen LogP contribution is -2.16. The zero-order chi connectivity index (χ0) is 17.1. The second-order valence-corrected chi connectivity index (χ2v) is 6.77. The van der Waals surface area contributed by atoms with Gasteiger partial charge in [0.25, 0.3) is 0 Å². The molecule has 0 bridgehead atoms. The molecule has 6 nitrogen and oxygen atoms in total. The van der Waals surface area contributed by atoms with E-state index >= 15 is 0 Å². The van der Waals surface area contributed by atoms with Gasteiger partial charge in [-0.05, 0) is 31.0 Å². The number of rotatable bonds is 6. The normalized spacial score (nSPS) is 13.4. The van der Waals surface area contributed by atoms with Gasteiger partial charge in [0, 0.05) is 16.3 Å². The number of nitrogens with one attached hydrogen (secondary N) is 2. The van der Waals surface area contributed by atoms with E-state index in [0.29, 0.717) is 27.3 Å². The summed E-state index contributed by atoms with van der Waals surface area (Å²) in [6.45, 7) is 0. The average molecular weight is 366 g/mol. The van der Waals surface area contributed by atoms with Gasteiger partial charge in [0.05, 0.1) is 24.9 Å². The van der Waals surface area contributed by atoms with Crippen LogP contribution < -0.4 is 15.4 Å². The molecule has 1 heterocycles. The van der Waals surface area contributed by atoms with Gasteiger partial charge in [-0.25, -0.2) is 4.98 Å². The van der Waals surface area contributed by atoms with Gasteiger partial charge in [-0.15, -0.1) is 11.3 Å². The number of hydrogen-bond donors (Lipinski definition) is 2. The molecule has 24 heavy (non-hydrogen) atoms. The van der Waals surface area contributed by atoms with Crippen LogP contribution in [0.4, 0.5) is 10.8 Å². The van der Waals surface area contributed by atoms with Gasteiger partial charge >= 0.3 is 0 Å². The van der Waals surface area contributed by atoms with Crippen LogP contribution in [0.25, 0.3) is 0 Å². The number of amides is 2. The minimum absolute atomic E-state index is 0.00372. The molecule has 0 radical (unpaired) electrons. The van der Waals surface area contributed by atoms with Crippen molar-refractivity contribution < 1.29 is 14.3 Å². The fraction of sp³-hybridized carbons (Fsp3) is 0.312. The van der Waals surface area contributed by atoms with Gasteiger partial charge < -0.3 is 15.4 Å². The number of hydrogen-bond acceptors (Lipinski definition) is 5. The van der Waals surface area contributed by atoms with Crippen LogP contribution in [0.2, 0.25) is 5.02 Å². The number of thiazole rings is 1. The minimum atomic E-state index is -0.235. The van der Waals surface area contributed by atoms with Crippen molar-refractivity contribution in [2.75, 3.05) is 17.7 Å². The molecule has 0 saturated heterocycles. The van der Waals surface area contributed by atoms with Crippen LogP contribution in [0.5, 0.6) is 5.75 Å². The van der Waals surface area contributed by atoms with Gasteiger partial charge in [0.1, 0.15) is 5.75 Å². The third-order valence-corrected chi connectivity index (χ3v) is 4.55. The zero-order valence-electron chi connectivity index (χ0n) is 13.0. The largest absolute Gasteiger partial charge is 0.495 e. The molecule has 0 atom stereocenters. The fourth-order valence-corrected chi connectivity index (χ4v) is 3.02. The van der Waals surface area contributed by atoms with Crippen molar-refractivity contribution in [2.45, 2.75) is 19.3 Å². The van der Waals surface area contributed by atoms with E-state index in [1.807, 2.05) is 0 Å². The van der Waals surface area contributed by atoms with Gasteiger partial charge in [-0.3, -0.25) is 9.59 Å². The topological polar surface area (TPSA) is 80.3 Å². The molecule has 1 aromatic heterocycles. The molecule has 126 valence electrons. The standard InChI is InChI=1S/C16H16ClN3O3S/c1-23-13-5-4-10(17)6-12(13)19-14(21)7-11-8-24-16(18-11)20-15(22)9-2-3-9/h4-6,8-9H,2-3,7H2,1H3,(H,19,21)(H,18,20,22). The van der Waals surface area contributed by atoms with Crippen molar-refractivity contribution in [2.24, 2.45) is 5.92 Å². The van der Waals surface area contributed by atoms with Crippen LogP contribution >= 0.6 is 22.9 Å². The smallest absolute Gasteiger partial charge is 0.230 e. The van der Waals surface area contributed by atoms with E-state index < -0.39 is 0 Å². The van der Waals surface area contributed by atoms with Gasteiger partial charge in [-0.2, -0.15) is 0 Å². The Morgan fingerprint density at radius 1 is 1.38 bits per heavy atom. The summed E-state index contributed by atoms with van der Waals surface area (Å²) in [5, 5.41) is 8.32. The third-order valence-electron chi connectivity index (χ3n) is 3.51. The van der Waals surface area contributed by atoms with Crippen molar-refractivity contribution in [3.63, 3.8) is 0 Å². The number of carbonyl (C=O) groups is 2. The van der Waals surface area contributed by atoms with Crippen molar-refractivity contribution in [1.29, 1.82) is 0 Å². The Bertz CT molecular complexity index is 774. The molecule has 0 unspecified atom stereocenters. The molecular formula is C16H16ClN3O3S. The average Bonchev–Trinajstić information content (AvgIpc) is 3.30. The first-order valence-electron chi connectivity index (χ1n) is 7.44. The second kappa shape index (κ2) is 7.19. The number of halogens is 1. The summed E-state index contributed by atoms with van der Waals surface area (Å²) in [7, 11) is 1.52. The summed E-state index contributed by atoms with van der Waals surface area (Å²) in [5.74, 6) is 0.421. The number of ether oxygens (including phenoxy) is 1. The molecule has 0 spiro atoms. The molecular weight excluding hydrogens is 350 g/mol. The lowest BCUT2D eigenvalue weighted by Gasteiger charge is -2.10. The summed E-state index contributed by atoms with van der Waals surface area (Å²) in [6, 6.07) is 5.00. The summed E-state index contributed by atoms with van der Waals surface area (Å²) in [5.41, 5.74) is 1.11. The maximum atomic E-state index is 12.2. The van der Waals surface area contributed by atoms with Crippen LogP contribution in [0.15, 0.2) is 23.6 Å². The van der Waals surface area contributed by atoms with E-state index in [1.54, 1.807) is 23.6 Å². The highest BCUT2D eigenvalue weighted by molar-refractivity contribution is 7.13. The Kier molecular flexibility index (Phi) is 5.01. The molecule has 0 aliphatic heterocycles. The zero-order valence-corrected chi connectivity index (χ0v) is 14.5. The molecule has 1 aliphatic rings. The predicted molar refractivity (Wildman–Crippen MR) is 93.8 cm³/mol. The maximum Gasteiger partial charge on any atom is 0.230 e. The number of methoxy groups -OCH3 is 1. The van der Waals surface area contributed by atoms with Gasteiger partial charge in [-0.1, -0.05) is 11.6 Å². The number of carbonyl (C=O) groups excluding carboxylic acids is 2. The number of nitrogens with zero attached hydrogens (tertiary/aromatic N) is 1. The summed E-state index contributed by atoms with van der Waals surface area (Å²) in [6.07, 6.45) is 1.98. The maximum absolute atomic E-state index is 12.2. The Hall–Kier alpha value is -2.12. The molecule has 2 N–H and O–H groups in total. The molecule has 8 heteroatoms. The third kappa shape index (κ3) is 4.24. The van der Waals surface area contributed by atoms with Crippen molar-refractivity contribution in [3.05, 3.63) is 34.3 Å². The van der Waals surface area contributed by atoms with Crippen molar-refractivity contribution >= 4 is 45.6 Å². The first kappa shape index (κ1) is 16.7. The van der Waals surface area contributed by atoms with Gasteiger partial charge in [0.2, 0.25) is 11.8 Å². The van der Waals surface area contributed by atoms with Crippen molar-refractivity contribution in [1.82, 2.24) is 4.98 Å². The van der Waals surface area contributed by atoms with E-state index in [2.05, 4.69) is 15.6 Å². The Labute approximate surface area is 148 Å². The first-order chi connectivity index (χ1) is 11.5. The number of benzene rings is 1. The summed E-state index contributed by atoms with van der Waals surface area (Å²) in [4.78, 5) is 28.1. The molecule has 2 amide bonds. The first-order valence-corrected chi connectivity index (χ1v) is 8.69. The van der Waals surface area contributed by atoms with E-state index in [0.717, 1.165) is 12.8 Å². The highest BCUT2D eigenvalue weighted by Crippen LogP contribution is 2.31. The van der Waals surface area contributed by atoms with E-state index in [1.165, 1.54) is 18.4 Å². The lowest BCUT2D eigenvalue weighted by molar-refractivity contribution is -0.117. The number of aromatic nitrogens is 1. The SMILES string of the molecule is COc1ccc(Cl)cc1NC(=O)Cc1csc(NC(=O)C2CC2)n1. The van der Waals surface area contributed by atoms with E-state index in [-0.39, 0.29) is 24.2 Å². The minimum Gasteiger partial charge on any atom is -0.495 e. The molecule has 1 fully saturated rings. The van der Waals surface area contributed by atoms with Crippen molar-refractivity contribution in [3.8, 4) is 5.75 Å². The van der Waals surface area contributed by atoms with Crippen LogP contribution in [-0.2, 0) is 16.0 Å². The van der Waals surface area contributed by atoms with E-state index in [9.17, 15) is 9.59 Å². The molecule has 1 saturated carbocycles. The fourth-order valence-electron chi connectivity index (χ4n) is 2.14. The molecule has 1 aliphatic carbocycles. The highest BCUT2D eigenvalue weighted by atomic mass is 35.5. The highest BCUT2D eigenvalue weighted by Gasteiger charge is 2.30. The van der Waals surface area contributed by atoms with Crippen LogP contribution in [0, 0.1) is 5.92 Å². The summed E-state index contributed by atoms with van der Waals surface area (Å²) >= 11 is 7.25. The van der Waals surface area contributed by atoms with Crippen LogP contribution in [0.3, 0.4) is 0 Å². The Balaban J connectivity index is 1.60. The predicted octanol–water partition coefficient (Wildman–Crippen LogP) is 3.33. The quantitative estimate of drug-likeness (QED) is 0.822. The summed E-state index contributed by atoms with van der Waals surface area (Å²) < 4.78 is 5.19. The number of anilines is 2. The monoisotopic (exact) mass is 365 g/mol. The molecule has 1 aromatic carbocycles.